The highest BCUT2D eigenvalue weighted by Gasteiger charge is 2.19. The van der Waals surface area contributed by atoms with E-state index in [1.807, 2.05) is 0 Å². The fraction of sp³-hybridized carbons (Fsp3) is 0.133. The molecule has 0 radical (unpaired) electrons. The Labute approximate surface area is 142 Å². The van der Waals surface area contributed by atoms with E-state index < -0.39 is 31.7 Å². The third-order valence-corrected chi connectivity index (χ3v) is 3.40. The van der Waals surface area contributed by atoms with E-state index in [0.29, 0.717) is 10.6 Å². The summed E-state index contributed by atoms with van der Waals surface area (Å²) in [7, 11) is -2.09. The van der Waals surface area contributed by atoms with E-state index in [0.717, 1.165) is 12.1 Å². The van der Waals surface area contributed by atoms with Crippen molar-refractivity contribution in [1.82, 2.24) is 5.32 Å². The lowest BCUT2D eigenvalue weighted by atomic mass is 10.1. The molecule has 1 amide bonds. The Hall–Kier alpha value is -2.13. The number of halogens is 2. The van der Waals surface area contributed by atoms with Crippen LogP contribution in [0.15, 0.2) is 42.5 Å². The van der Waals surface area contributed by atoms with Crippen LogP contribution < -0.4 is 9.97 Å². The Morgan fingerprint density at radius 1 is 1.29 bits per heavy atom. The van der Waals surface area contributed by atoms with Gasteiger partial charge in [0.2, 0.25) is 0 Å². The number of hydrogen-bond donors (Lipinski definition) is 4. The summed E-state index contributed by atoms with van der Waals surface area (Å²) in [5, 5.41) is 29.7. The minimum atomic E-state index is -2.09. The second-order valence-corrected chi connectivity index (χ2v) is 5.29. The van der Waals surface area contributed by atoms with Crippen LogP contribution in [0.3, 0.4) is 0 Å². The normalized spacial score (nSPS) is 11.7. The highest BCUT2D eigenvalue weighted by atomic mass is 35.5. The van der Waals surface area contributed by atoms with Crippen LogP contribution in [-0.2, 0) is 0 Å². The van der Waals surface area contributed by atoms with Gasteiger partial charge >= 0.3 is 7.32 Å². The molecule has 4 N–H and O–H groups in total. The molecule has 0 bridgehead atoms. The van der Waals surface area contributed by atoms with Gasteiger partial charge in [0.15, 0.2) is 0 Å². The molecule has 2 rings (SSSR count). The molecule has 0 saturated heterocycles. The molecule has 0 unspecified atom stereocenters. The zero-order chi connectivity index (χ0) is 17.7. The van der Waals surface area contributed by atoms with Crippen molar-refractivity contribution in [3.63, 3.8) is 0 Å². The van der Waals surface area contributed by atoms with Crippen LogP contribution in [0.1, 0.15) is 22.0 Å². The van der Waals surface area contributed by atoms with E-state index in [9.17, 15) is 14.3 Å². The second-order valence-electron chi connectivity index (χ2n) is 4.85. The lowest BCUT2D eigenvalue weighted by molar-refractivity contribution is 0.0912. The van der Waals surface area contributed by atoms with Crippen molar-refractivity contribution in [2.75, 3.05) is 6.61 Å². The molecule has 6 nitrogen and oxygen atoms in total. The van der Waals surface area contributed by atoms with Crippen LogP contribution >= 0.6 is 11.6 Å². The molecule has 0 aliphatic rings. The van der Waals surface area contributed by atoms with Gasteiger partial charge in [0.05, 0.1) is 18.2 Å². The summed E-state index contributed by atoms with van der Waals surface area (Å²) in [4.78, 5) is 12.2. The molecule has 0 spiro atoms. The van der Waals surface area contributed by atoms with Crippen molar-refractivity contribution in [3.8, 4) is 5.75 Å². The number of amides is 1. The topological polar surface area (TPSA) is 99.0 Å². The van der Waals surface area contributed by atoms with Gasteiger partial charge in [-0.3, -0.25) is 4.79 Å². The number of benzene rings is 2. The highest BCUT2D eigenvalue weighted by Crippen LogP contribution is 2.20. The second kappa shape index (κ2) is 8.12. The number of carbonyl (C=O) groups is 1. The van der Waals surface area contributed by atoms with Gasteiger partial charge in [-0.15, -0.1) is 0 Å². The largest absolute Gasteiger partial charge is 0.707 e. The maximum Gasteiger partial charge on any atom is 0.707 e. The zero-order valence-electron chi connectivity index (χ0n) is 12.3. The lowest BCUT2D eigenvalue weighted by Gasteiger charge is -2.17. The van der Waals surface area contributed by atoms with Crippen molar-refractivity contribution >= 4 is 24.8 Å². The molecule has 9 heteroatoms. The summed E-state index contributed by atoms with van der Waals surface area (Å²) in [6, 6.07) is 9.00. The first-order chi connectivity index (χ1) is 11.4. The molecule has 0 aliphatic carbocycles. The number of nitrogens with one attached hydrogen (secondary N) is 1. The number of rotatable bonds is 6. The minimum Gasteiger partial charge on any atom is -0.512 e. The van der Waals surface area contributed by atoms with Gasteiger partial charge in [0.1, 0.15) is 11.6 Å². The molecule has 0 heterocycles. The van der Waals surface area contributed by atoms with Gasteiger partial charge in [-0.2, -0.15) is 0 Å². The molecule has 2 aromatic rings. The maximum absolute atomic E-state index is 14.0. The molecular weight excluding hydrogens is 339 g/mol. The highest BCUT2D eigenvalue weighted by molar-refractivity contribution is 6.33. The zero-order valence-corrected chi connectivity index (χ0v) is 13.1. The molecule has 2 aromatic carbocycles. The Morgan fingerprint density at radius 2 is 2.04 bits per heavy atom. The van der Waals surface area contributed by atoms with Crippen molar-refractivity contribution in [3.05, 3.63) is 64.4 Å². The van der Waals surface area contributed by atoms with Crippen molar-refractivity contribution in [1.29, 1.82) is 0 Å². The fourth-order valence-corrected chi connectivity index (χ4v) is 2.27. The number of aliphatic hydroxyl groups is 1. The Bertz CT molecular complexity index is 731. The van der Waals surface area contributed by atoms with Gasteiger partial charge in [-0.25, -0.2) is 4.39 Å². The van der Waals surface area contributed by atoms with Gasteiger partial charge in [0, 0.05) is 11.1 Å². The lowest BCUT2D eigenvalue weighted by Crippen LogP contribution is -2.31. The number of hydrogen-bond acceptors (Lipinski definition) is 5. The standard InChI is InChI=1S/C15H14BClFNO5/c17-10-3-1-2-9(6-10)14(8-20)19-15(21)12-5-4-11(7-13(12)18)24-16(22)23/h1-7,14,20,22-23H,8H2,(H,19,21)/t14-/m1/s1. The molecule has 126 valence electrons. The van der Waals surface area contributed by atoms with Crippen LogP contribution in [0.4, 0.5) is 4.39 Å². The molecular formula is C15H14BClFNO5. The number of carbonyl (C=O) groups excluding carboxylic acids is 1. The van der Waals surface area contributed by atoms with Gasteiger partial charge in [0.25, 0.3) is 5.91 Å². The predicted octanol–water partition coefficient (Wildman–Crippen LogP) is 1.29. The van der Waals surface area contributed by atoms with E-state index in [2.05, 4.69) is 9.97 Å². The third kappa shape index (κ3) is 4.69. The summed E-state index contributed by atoms with van der Waals surface area (Å²) < 4.78 is 18.5. The minimum absolute atomic E-state index is 0.146. The average Bonchev–Trinajstić information content (AvgIpc) is 2.51. The first kappa shape index (κ1) is 18.2. The quantitative estimate of drug-likeness (QED) is 0.587. The van der Waals surface area contributed by atoms with Crippen LogP contribution in [-0.4, -0.2) is 35.0 Å². The molecule has 0 saturated carbocycles. The van der Waals surface area contributed by atoms with Crippen molar-refractivity contribution in [2.45, 2.75) is 6.04 Å². The summed E-state index contributed by atoms with van der Waals surface area (Å²) in [6.07, 6.45) is 0. The summed E-state index contributed by atoms with van der Waals surface area (Å²) in [5.41, 5.74) is 0.289. The van der Waals surface area contributed by atoms with E-state index in [1.165, 1.54) is 6.07 Å². The average molecular weight is 354 g/mol. The molecule has 0 aromatic heterocycles. The first-order valence-electron chi connectivity index (χ1n) is 6.90. The molecule has 24 heavy (non-hydrogen) atoms. The Balaban J connectivity index is 2.16. The Morgan fingerprint density at radius 3 is 2.62 bits per heavy atom. The van der Waals surface area contributed by atoms with E-state index in [-0.39, 0.29) is 11.3 Å². The van der Waals surface area contributed by atoms with Crippen LogP contribution in [0, 0.1) is 5.82 Å². The third-order valence-electron chi connectivity index (χ3n) is 3.17. The smallest absolute Gasteiger partial charge is 0.512 e. The van der Waals surface area contributed by atoms with Crippen LogP contribution in [0.5, 0.6) is 5.75 Å². The number of aliphatic hydroxyl groups excluding tert-OH is 1. The molecule has 0 fully saturated rings. The molecule has 0 aliphatic heterocycles. The van der Waals surface area contributed by atoms with Gasteiger partial charge < -0.3 is 25.1 Å². The maximum atomic E-state index is 14.0. The SMILES string of the molecule is O=C(N[C@H](CO)c1cccc(Cl)c1)c1ccc(OB(O)O)cc1F. The van der Waals surface area contributed by atoms with Gasteiger partial charge in [-0.1, -0.05) is 23.7 Å². The summed E-state index contributed by atoms with van der Waals surface area (Å²) in [6.45, 7) is -0.397. The van der Waals surface area contributed by atoms with Crippen LogP contribution in [0.25, 0.3) is 0 Å². The molecule has 1 atom stereocenters. The first-order valence-corrected chi connectivity index (χ1v) is 7.28. The van der Waals surface area contributed by atoms with E-state index >= 15 is 0 Å². The van der Waals surface area contributed by atoms with Crippen LogP contribution in [0.2, 0.25) is 5.02 Å². The van der Waals surface area contributed by atoms with Crippen molar-refractivity contribution in [2.24, 2.45) is 0 Å². The monoisotopic (exact) mass is 353 g/mol. The van der Waals surface area contributed by atoms with Gasteiger partial charge in [-0.05, 0) is 29.8 Å². The Kier molecular flexibility index (Phi) is 6.16. The summed E-state index contributed by atoms with van der Waals surface area (Å²) >= 11 is 5.87. The van der Waals surface area contributed by atoms with Crippen molar-refractivity contribution < 1.29 is 29.0 Å². The fourth-order valence-electron chi connectivity index (χ4n) is 2.07. The summed E-state index contributed by atoms with van der Waals surface area (Å²) in [5.74, 6) is -1.80. The predicted molar refractivity (Wildman–Crippen MR) is 86.0 cm³/mol. The van der Waals surface area contributed by atoms with E-state index in [1.54, 1.807) is 24.3 Å². The van der Waals surface area contributed by atoms with E-state index in [4.69, 9.17) is 21.6 Å².